The Bertz CT molecular complexity index is 1350. The maximum atomic E-state index is 13.4. The van der Waals surface area contributed by atoms with E-state index >= 15 is 0 Å². The molecule has 0 bridgehead atoms. The number of fused-ring (bicyclic) bond motifs is 1. The van der Waals surface area contributed by atoms with Gasteiger partial charge in [-0.3, -0.25) is 18.7 Å². The monoisotopic (exact) mass is 677 g/mol. The van der Waals surface area contributed by atoms with Crippen molar-refractivity contribution < 1.29 is 28.3 Å². The maximum absolute atomic E-state index is 13.4. The second-order valence-electron chi connectivity index (χ2n) is 8.77. The van der Waals surface area contributed by atoms with Crippen LogP contribution in [0.15, 0.2) is 56.9 Å². The average Bonchev–Trinajstić information content (AvgIpc) is 3.14. The fraction of sp³-hybridized carbons (Fsp3) is 0.250. The van der Waals surface area contributed by atoms with E-state index in [2.05, 4.69) is 37.2 Å². The predicted octanol–water partition coefficient (Wildman–Crippen LogP) is 7.66. The number of amides is 1. The van der Waals surface area contributed by atoms with Crippen molar-refractivity contribution in [2.24, 2.45) is 5.41 Å². The Morgan fingerprint density at radius 1 is 1.19 bits per heavy atom. The smallest absolute Gasteiger partial charge is 0.347 e. The molecule has 0 saturated carbocycles. The molecule has 2 unspecified atom stereocenters. The van der Waals surface area contributed by atoms with Crippen molar-refractivity contribution in [2.75, 3.05) is 6.79 Å². The highest BCUT2D eigenvalue weighted by Crippen LogP contribution is 2.58. The molecule has 3 aromatic rings. The van der Waals surface area contributed by atoms with Crippen molar-refractivity contribution in [1.29, 1.82) is 0 Å². The van der Waals surface area contributed by atoms with E-state index in [-0.39, 0.29) is 5.56 Å². The maximum Gasteiger partial charge on any atom is 0.347 e. The molecule has 0 aliphatic heterocycles. The van der Waals surface area contributed by atoms with Crippen LogP contribution in [0.5, 0.6) is 0 Å². The summed E-state index contributed by atoms with van der Waals surface area (Å²) >= 11 is 14.3. The Labute approximate surface area is 234 Å². The molecule has 0 radical (unpaired) electrons. The number of hydrogen-bond acceptors (Lipinski definition) is 6. The van der Waals surface area contributed by atoms with Gasteiger partial charge in [-0.15, -0.1) is 11.3 Å². The summed E-state index contributed by atoms with van der Waals surface area (Å²) in [6.07, 6.45) is 3.02. The van der Waals surface area contributed by atoms with Gasteiger partial charge in [-0.25, -0.2) is 0 Å². The highest BCUT2D eigenvalue weighted by molar-refractivity contribution is 9.11. The van der Waals surface area contributed by atoms with E-state index in [1.54, 1.807) is 50.4 Å². The molecule has 1 aromatic heterocycles. The molecule has 0 saturated heterocycles. The van der Waals surface area contributed by atoms with Crippen molar-refractivity contribution >= 4 is 90.4 Å². The van der Waals surface area contributed by atoms with Gasteiger partial charge in [0.05, 0.1) is 5.41 Å². The lowest BCUT2D eigenvalue weighted by atomic mass is 9.98. The molecule has 0 fully saturated rings. The molecule has 7 nitrogen and oxygen atoms in total. The summed E-state index contributed by atoms with van der Waals surface area (Å²) in [5.74, 6) is -1.38. The van der Waals surface area contributed by atoms with Gasteiger partial charge in [0.1, 0.15) is 0 Å². The van der Waals surface area contributed by atoms with Crippen LogP contribution in [0, 0.1) is 5.41 Å². The van der Waals surface area contributed by atoms with E-state index < -0.39 is 37.3 Å². The third-order valence-corrected chi connectivity index (χ3v) is 8.63. The SMILES string of the molecule is CC(C)(C)C(=O)OCOP(=O)(O)C(C(=O)NC=Cc1cc(Br)cc(Br)c1)c1csc2ccc(Cl)cc12. The number of esters is 1. The standard InChI is InChI=1S/C24H23Br2ClNO6PS/c1-24(2,3)23(30)33-13-34-35(31,32)21(19-12-36-20-5-4-17(27)11-18(19)20)22(29)28-7-6-14-8-15(25)10-16(26)9-14/h4-12,21H,13H2,1-3H3,(H,28,29)(H,31,32). The molecule has 0 spiro atoms. The number of ether oxygens (including phenoxy) is 1. The molecule has 36 heavy (non-hydrogen) atoms. The van der Waals surface area contributed by atoms with Crippen molar-refractivity contribution in [3.05, 3.63) is 73.1 Å². The van der Waals surface area contributed by atoms with Crippen molar-refractivity contribution in [3.63, 3.8) is 0 Å². The minimum atomic E-state index is -4.68. The van der Waals surface area contributed by atoms with Gasteiger partial charge in [-0.2, -0.15) is 0 Å². The second-order valence-corrected chi connectivity index (χ2v) is 13.9. The number of benzene rings is 2. The lowest BCUT2D eigenvalue weighted by molar-refractivity contribution is -0.159. The van der Waals surface area contributed by atoms with Crippen LogP contribution in [0.2, 0.25) is 5.02 Å². The summed E-state index contributed by atoms with van der Waals surface area (Å²) in [5, 5.41) is 5.15. The first-order valence-corrected chi connectivity index (χ1v) is 15.0. The van der Waals surface area contributed by atoms with Crippen molar-refractivity contribution in [3.8, 4) is 0 Å². The minimum absolute atomic E-state index is 0.279. The molecule has 2 N–H and O–H groups in total. The van der Waals surface area contributed by atoms with Gasteiger partial charge in [-0.05, 0) is 85.1 Å². The van der Waals surface area contributed by atoms with Gasteiger partial charge in [0.2, 0.25) is 12.7 Å². The Kier molecular flexibility index (Phi) is 9.60. The third-order valence-electron chi connectivity index (χ3n) is 4.86. The summed E-state index contributed by atoms with van der Waals surface area (Å²) in [4.78, 5) is 36.2. The van der Waals surface area contributed by atoms with Gasteiger partial charge < -0.3 is 14.9 Å². The topological polar surface area (TPSA) is 102 Å². The Hall–Kier alpha value is -1.52. The highest BCUT2D eigenvalue weighted by atomic mass is 79.9. The number of carbonyl (C=O) groups is 2. The zero-order valence-corrected chi connectivity index (χ0v) is 25.1. The summed E-state index contributed by atoms with van der Waals surface area (Å²) in [5.41, 5.74) is -1.37. The number of hydrogen-bond donors (Lipinski definition) is 2. The number of thiophene rings is 1. The molecule has 0 aliphatic rings. The summed E-state index contributed by atoms with van der Waals surface area (Å²) in [7, 11) is -4.68. The van der Waals surface area contributed by atoms with Gasteiger partial charge in [0.15, 0.2) is 5.66 Å². The summed E-state index contributed by atoms with van der Waals surface area (Å²) in [6.45, 7) is 4.14. The fourth-order valence-corrected chi connectivity index (χ4v) is 6.97. The van der Waals surface area contributed by atoms with Crippen molar-refractivity contribution in [2.45, 2.75) is 26.4 Å². The van der Waals surface area contributed by atoms with E-state index in [0.29, 0.717) is 10.4 Å². The van der Waals surface area contributed by atoms with Crippen LogP contribution >= 0.6 is 62.4 Å². The van der Waals surface area contributed by atoms with E-state index in [0.717, 1.165) is 19.2 Å². The van der Waals surface area contributed by atoms with E-state index in [9.17, 15) is 19.0 Å². The molecule has 1 heterocycles. The third kappa shape index (κ3) is 7.51. The molecule has 192 valence electrons. The molecular formula is C24H23Br2ClNO6PS. The quantitative estimate of drug-likeness (QED) is 0.144. The summed E-state index contributed by atoms with van der Waals surface area (Å²) in [6, 6.07) is 10.6. The molecular weight excluding hydrogens is 657 g/mol. The van der Waals surface area contributed by atoms with Crippen LogP contribution < -0.4 is 5.32 Å². The Morgan fingerprint density at radius 3 is 2.50 bits per heavy atom. The zero-order chi connectivity index (χ0) is 26.7. The predicted molar refractivity (Wildman–Crippen MR) is 150 cm³/mol. The number of rotatable bonds is 8. The minimum Gasteiger partial charge on any atom is -0.438 e. The van der Waals surface area contributed by atoms with E-state index in [1.807, 2.05) is 18.2 Å². The zero-order valence-electron chi connectivity index (χ0n) is 19.5. The largest absolute Gasteiger partial charge is 0.438 e. The first-order chi connectivity index (χ1) is 16.8. The number of carbonyl (C=O) groups excluding carboxylic acids is 2. The van der Waals surface area contributed by atoms with Crippen LogP contribution in [0.25, 0.3) is 16.2 Å². The lowest BCUT2D eigenvalue weighted by Gasteiger charge is -2.22. The molecule has 2 aromatic carbocycles. The number of halogens is 3. The van der Waals surface area contributed by atoms with Crippen molar-refractivity contribution in [1.82, 2.24) is 5.32 Å². The molecule has 2 atom stereocenters. The first kappa shape index (κ1) is 29.0. The van der Waals surface area contributed by atoms with Crippen LogP contribution in [0.1, 0.15) is 37.6 Å². The molecule has 3 rings (SSSR count). The van der Waals surface area contributed by atoms with Crippen LogP contribution in [0.4, 0.5) is 0 Å². The second kappa shape index (κ2) is 11.9. The molecule has 0 aliphatic carbocycles. The molecule has 12 heteroatoms. The number of nitrogens with one attached hydrogen (secondary N) is 1. The highest BCUT2D eigenvalue weighted by Gasteiger charge is 2.42. The normalized spacial score (nSPS) is 14.5. The summed E-state index contributed by atoms with van der Waals surface area (Å²) < 4.78 is 25.9. The van der Waals surface area contributed by atoms with Gasteiger partial charge in [-0.1, -0.05) is 43.5 Å². The Morgan fingerprint density at radius 2 is 1.86 bits per heavy atom. The van der Waals surface area contributed by atoms with Crippen LogP contribution in [0.3, 0.4) is 0 Å². The fourth-order valence-electron chi connectivity index (χ4n) is 3.11. The first-order valence-electron chi connectivity index (χ1n) is 10.5. The van der Waals surface area contributed by atoms with Gasteiger partial charge >= 0.3 is 13.6 Å². The van der Waals surface area contributed by atoms with Crippen LogP contribution in [-0.2, 0) is 23.4 Å². The molecule has 1 amide bonds. The van der Waals surface area contributed by atoms with E-state index in [1.165, 1.54) is 17.5 Å². The van der Waals surface area contributed by atoms with Gasteiger partial charge in [0.25, 0.3) is 0 Å². The van der Waals surface area contributed by atoms with Gasteiger partial charge in [0, 0.05) is 24.9 Å². The average molecular weight is 680 g/mol. The van der Waals surface area contributed by atoms with Crippen LogP contribution in [-0.4, -0.2) is 23.6 Å². The lowest BCUT2D eigenvalue weighted by Crippen LogP contribution is -2.27. The van der Waals surface area contributed by atoms with E-state index in [4.69, 9.17) is 20.9 Å². The Balaban J connectivity index is 1.90.